The molecule has 3 saturated carbocycles. The van der Waals surface area contributed by atoms with Gasteiger partial charge < -0.3 is 15.5 Å². The van der Waals surface area contributed by atoms with Gasteiger partial charge in [0.2, 0.25) is 5.91 Å². The second-order valence-corrected chi connectivity index (χ2v) is 10.7. The third-order valence-electron chi connectivity index (χ3n) is 9.30. The van der Waals surface area contributed by atoms with Crippen molar-refractivity contribution in [2.24, 2.45) is 33.7 Å². The van der Waals surface area contributed by atoms with Crippen LogP contribution in [0.4, 0.5) is 0 Å². The number of nitrogens with one attached hydrogen (secondary N) is 2. The topological polar surface area (TPSA) is 79.8 Å². The van der Waals surface area contributed by atoms with E-state index < -0.39 is 0 Å². The lowest BCUT2D eigenvalue weighted by molar-refractivity contribution is -0.131. The minimum Gasteiger partial charge on any atom is -0.391 e. The SMILES string of the molecule is C[C@]12CC/C(=N\O[C@@H]3CCNC3)CC1CC(=O)N[C@@H]1[C@@H]2CC[C@]2(C)C(=O)CC[C@@H]12. The summed E-state index contributed by atoms with van der Waals surface area (Å²) in [5.74, 6) is 1.67. The average molecular weight is 402 g/mol. The summed E-state index contributed by atoms with van der Waals surface area (Å²) in [6.07, 6.45) is 8.33. The number of nitrogens with zero attached hydrogens (tertiary/aromatic N) is 1. The van der Waals surface area contributed by atoms with Crippen molar-refractivity contribution in [3.05, 3.63) is 0 Å². The van der Waals surface area contributed by atoms with Crippen LogP contribution in [0.1, 0.15) is 71.6 Å². The van der Waals surface area contributed by atoms with Crippen molar-refractivity contribution in [3.8, 4) is 0 Å². The van der Waals surface area contributed by atoms with Crippen LogP contribution in [0.15, 0.2) is 5.16 Å². The van der Waals surface area contributed by atoms with Gasteiger partial charge in [0.15, 0.2) is 0 Å². The Labute approximate surface area is 173 Å². The van der Waals surface area contributed by atoms with Gasteiger partial charge in [-0.3, -0.25) is 9.59 Å². The summed E-state index contributed by atoms with van der Waals surface area (Å²) < 4.78 is 0. The molecular weight excluding hydrogens is 366 g/mol. The van der Waals surface area contributed by atoms with E-state index in [1.165, 1.54) is 0 Å². The van der Waals surface area contributed by atoms with E-state index in [-0.39, 0.29) is 28.9 Å². The van der Waals surface area contributed by atoms with Gasteiger partial charge in [0.25, 0.3) is 0 Å². The third kappa shape index (κ3) is 3.13. The molecule has 0 spiro atoms. The zero-order valence-electron chi connectivity index (χ0n) is 17.8. The molecule has 29 heavy (non-hydrogen) atoms. The molecule has 6 nitrogen and oxygen atoms in total. The Morgan fingerprint density at radius 2 is 1.90 bits per heavy atom. The molecular formula is C23H35N3O3. The Balaban J connectivity index is 1.37. The highest BCUT2D eigenvalue weighted by molar-refractivity contribution is 5.88. The molecule has 0 aromatic rings. The molecule has 2 N–H and O–H groups in total. The number of hydrogen-bond acceptors (Lipinski definition) is 5. The first kappa shape index (κ1) is 19.5. The summed E-state index contributed by atoms with van der Waals surface area (Å²) in [4.78, 5) is 31.3. The van der Waals surface area contributed by atoms with E-state index in [0.29, 0.717) is 36.4 Å². The number of carbonyl (C=O) groups is 2. The number of hydrogen-bond donors (Lipinski definition) is 2. The maximum absolute atomic E-state index is 12.9. The van der Waals surface area contributed by atoms with Gasteiger partial charge in [-0.25, -0.2) is 0 Å². The van der Waals surface area contributed by atoms with E-state index in [1.807, 2.05) is 0 Å². The Hall–Kier alpha value is -1.43. The van der Waals surface area contributed by atoms with Crippen LogP contribution in [0.2, 0.25) is 0 Å². The maximum Gasteiger partial charge on any atom is 0.220 e. The molecule has 0 bridgehead atoms. The van der Waals surface area contributed by atoms with Crippen LogP contribution in [0, 0.1) is 28.6 Å². The van der Waals surface area contributed by atoms with Gasteiger partial charge in [0.1, 0.15) is 11.9 Å². The van der Waals surface area contributed by atoms with Crippen molar-refractivity contribution in [2.45, 2.75) is 83.8 Å². The van der Waals surface area contributed by atoms with Crippen molar-refractivity contribution >= 4 is 17.4 Å². The largest absolute Gasteiger partial charge is 0.391 e. The fourth-order valence-electron chi connectivity index (χ4n) is 7.30. The number of ketones is 1. The van der Waals surface area contributed by atoms with Crippen molar-refractivity contribution < 1.29 is 14.4 Å². The van der Waals surface area contributed by atoms with Crippen LogP contribution in [-0.4, -0.2) is 42.6 Å². The van der Waals surface area contributed by atoms with Crippen LogP contribution < -0.4 is 10.6 Å². The molecule has 2 heterocycles. The predicted octanol–water partition coefficient (Wildman–Crippen LogP) is 2.81. The van der Waals surface area contributed by atoms with Crippen LogP contribution in [0.3, 0.4) is 0 Å². The molecule has 5 fully saturated rings. The van der Waals surface area contributed by atoms with E-state index in [4.69, 9.17) is 4.84 Å². The molecule has 5 rings (SSSR count). The fraction of sp³-hybridized carbons (Fsp3) is 0.870. The molecule has 6 heteroatoms. The number of rotatable bonds is 2. The molecule has 2 aliphatic heterocycles. The number of Topliss-reactive ketones (excluding diaryl/α,β-unsaturated/α-hetero) is 1. The van der Waals surface area contributed by atoms with E-state index in [9.17, 15) is 9.59 Å². The van der Waals surface area contributed by atoms with Crippen molar-refractivity contribution in [2.75, 3.05) is 13.1 Å². The van der Waals surface area contributed by atoms with E-state index in [1.54, 1.807) is 0 Å². The molecule has 2 saturated heterocycles. The smallest absolute Gasteiger partial charge is 0.220 e. The molecule has 0 radical (unpaired) electrons. The lowest BCUT2D eigenvalue weighted by Gasteiger charge is -2.53. The minimum absolute atomic E-state index is 0.130. The first-order chi connectivity index (χ1) is 13.9. The van der Waals surface area contributed by atoms with E-state index in [2.05, 4.69) is 29.6 Å². The summed E-state index contributed by atoms with van der Waals surface area (Å²) in [6.45, 7) is 6.44. The maximum atomic E-state index is 12.9. The molecule has 1 unspecified atom stereocenters. The molecule has 1 amide bonds. The van der Waals surface area contributed by atoms with Gasteiger partial charge in [0.05, 0.1) is 5.71 Å². The summed E-state index contributed by atoms with van der Waals surface area (Å²) in [7, 11) is 0. The van der Waals surface area contributed by atoms with Gasteiger partial charge in [-0.1, -0.05) is 19.0 Å². The summed E-state index contributed by atoms with van der Waals surface area (Å²) >= 11 is 0. The zero-order chi connectivity index (χ0) is 20.2. The van der Waals surface area contributed by atoms with E-state index in [0.717, 1.165) is 63.7 Å². The Bertz CT molecular complexity index is 731. The van der Waals surface area contributed by atoms with Gasteiger partial charge in [-0.15, -0.1) is 0 Å². The van der Waals surface area contributed by atoms with Gasteiger partial charge in [0, 0.05) is 37.3 Å². The lowest BCUT2D eigenvalue weighted by atomic mass is 9.52. The Morgan fingerprint density at radius 3 is 2.69 bits per heavy atom. The molecule has 7 atom stereocenters. The number of fused-ring (bicyclic) bond motifs is 5. The van der Waals surface area contributed by atoms with E-state index >= 15 is 0 Å². The molecule has 0 aromatic carbocycles. The Morgan fingerprint density at radius 1 is 1.03 bits per heavy atom. The quantitative estimate of drug-likeness (QED) is 0.698. The van der Waals surface area contributed by atoms with Crippen molar-refractivity contribution in [1.82, 2.24) is 10.6 Å². The highest BCUT2D eigenvalue weighted by Crippen LogP contribution is 2.60. The van der Waals surface area contributed by atoms with Crippen molar-refractivity contribution in [1.29, 1.82) is 0 Å². The van der Waals surface area contributed by atoms with Crippen LogP contribution in [0.5, 0.6) is 0 Å². The lowest BCUT2D eigenvalue weighted by Crippen LogP contribution is -2.56. The summed E-state index contributed by atoms with van der Waals surface area (Å²) in [6, 6.07) is 0.155. The highest BCUT2D eigenvalue weighted by atomic mass is 16.6. The first-order valence-electron chi connectivity index (χ1n) is 11.6. The standard InChI is InChI=1S/C23H35N3O3/c1-22-8-5-15(26-29-16-7-10-24-13-16)11-14(22)12-20(28)25-21-17-3-4-19(27)23(17,2)9-6-18(21)22/h14,16-18,21,24H,3-13H2,1-2H3,(H,25,28)/b26-15+/t14?,16-,17+,18+,21+,22+,23+/m1/s1. The average Bonchev–Trinajstić information content (AvgIpc) is 3.28. The summed E-state index contributed by atoms with van der Waals surface area (Å²) in [5.41, 5.74) is 1.03. The molecule has 3 aliphatic carbocycles. The van der Waals surface area contributed by atoms with Crippen molar-refractivity contribution in [3.63, 3.8) is 0 Å². The van der Waals surface area contributed by atoms with Gasteiger partial charge >= 0.3 is 0 Å². The van der Waals surface area contributed by atoms with Crippen LogP contribution >= 0.6 is 0 Å². The second-order valence-electron chi connectivity index (χ2n) is 10.7. The van der Waals surface area contributed by atoms with Gasteiger partial charge in [-0.2, -0.15) is 0 Å². The highest BCUT2D eigenvalue weighted by Gasteiger charge is 2.60. The fourth-order valence-corrected chi connectivity index (χ4v) is 7.30. The zero-order valence-corrected chi connectivity index (χ0v) is 17.8. The summed E-state index contributed by atoms with van der Waals surface area (Å²) in [5, 5.41) is 11.2. The minimum atomic E-state index is -0.227. The number of oxime groups is 1. The predicted molar refractivity (Wildman–Crippen MR) is 110 cm³/mol. The molecule has 5 aliphatic rings. The first-order valence-corrected chi connectivity index (χ1v) is 11.6. The second kappa shape index (κ2) is 7.07. The Kier molecular flexibility index (Phi) is 4.76. The monoisotopic (exact) mass is 401 g/mol. The third-order valence-corrected chi connectivity index (χ3v) is 9.30. The number of carbonyl (C=O) groups excluding carboxylic acids is 2. The molecule has 0 aromatic heterocycles. The molecule has 160 valence electrons. The van der Waals surface area contributed by atoms with Gasteiger partial charge in [-0.05, 0) is 68.2 Å². The van der Waals surface area contributed by atoms with Crippen LogP contribution in [0.25, 0.3) is 0 Å². The number of amides is 1. The normalized spacial score (nSPS) is 48.5. The van der Waals surface area contributed by atoms with Crippen LogP contribution in [-0.2, 0) is 14.4 Å².